The molecule has 0 radical (unpaired) electrons. The first-order valence-electron chi connectivity index (χ1n) is 6.99. The van der Waals surface area contributed by atoms with Gasteiger partial charge in [-0.3, -0.25) is 9.69 Å². The molecule has 19 heavy (non-hydrogen) atoms. The van der Waals surface area contributed by atoms with Crippen molar-refractivity contribution in [2.45, 2.75) is 31.8 Å². The molecule has 2 rings (SSSR count). The summed E-state index contributed by atoms with van der Waals surface area (Å²) in [6.07, 6.45) is 2.01. The molecule has 1 unspecified atom stereocenters. The lowest BCUT2D eigenvalue weighted by molar-refractivity contribution is -0.120. The second kappa shape index (κ2) is 6.68. The molecule has 4 heteroatoms. The van der Waals surface area contributed by atoms with Gasteiger partial charge in [-0.05, 0) is 25.3 Å². The molecule has 1 aliphatic heterocycles. The molecule has 1 atom stereocenters. The fourth-order valence-corrected chi connectivity index (χ4v) is 2.66. The van der Waals surface area contributed by atoms with E-state index in [-0.39, 0.29) is 18.5 Å². The van der Waals surface area contributed by atoms with Crippen LogP contribution < -0.4 is 11.1 Å². The minimum Gasteiger partial charge on any atom is -0.352 e. The van der Waals surface area contributed by atoms with Crippen LogP contribution in [0.5, 0.6) is 0 Å². The number of rotatable bonds is 4. The van der Waals surface area contributed by atoms with Crippen LogP contribution in [0.2, 0.25) is 0 Å². The Labute approximate surface area is 115 Å². The van der Waals surface area contributed by atoms with Crippen molar-refractivity contribution in [3.63, 3.8) is 0 Å². The van der Waals surface area contributed by atoms with Crippen molar-refractivity contribution in [3.8, 4) is 0 Å². The molecule has 1 fully saturated rings. The highest BCUT2D eigenvalue weighted by atomic mass is 16.1. The van der Waals surface area contributed by atoms with E-state index in [1.54, 1.807) is 0 Å². The highest BCUT2D eigenvalue weighted by molar-refractivity contribution is 5.78. The fourth-order valence-electron chi connectivity index (χ4n) is 2.66. The standard InChI is InChI=1S/C15H23N3O/c1-12(13-5-3-2-4-6-13)18-9-7-14(8-10-18)17-15(19)11-16/h2-6,12,14H,7-11,16H2,1H3,(H,17,19). The van der Waals surface area contributed by atoms with Crippen LogP contribution in [-0.2, 0) is 4.79 Å². The van der Waals surface area contributed by atoms with E-state index in [0.717, 1.165) is 25.9 Å². The Morgan fingerprint density at radius 2 is 2.00 bits per heavy atom. The number of hydrogen-bond donors (Lipinski definition) is 2. The van der Waals surface area contributed by atoms with Gasteiger partial charge >= 0.3 is 0 Å². The molecule has 1 heterocycles. The minimum atomic E-state index is -0.0467. The summed E-state index contributed by atoms with van der Waals surface area (Å²) >= 11 is 0. The fraction of sp³-hybridized carbons (Fsp3) is 0.533. The van der Waals surface area contributed by atoms with E-state index < -0.39 is 0 Å². The van der Waals surface area contributed by atoms with E-state index in [9.17, 15) is 4.79 Å². The number of hydrogen-bond acceptors (Lipinski definition) is 3. The summed E-state index contributed by atoms with van der Waals surface area (Å²) in [7, 11) is 0. The molecule has 104 valence electrons. The smallest absolute Gasteiger partial charge is 0.233 e. The third-order valence-electron chi connectivity index (χ3n) is 3.91. The largest absolute Gasteiger partial charge is 0.352 e. The zero-order valence-electron chi connectivity index (χ0n) is 11.5. The second-order valence-corrected chi connectivity index (χ2v) is 5.17. The van der Waals surface area contributed by atoms with Crippen molar-refractivity contribution in [2.24, 2.45) is 5.73 Å². The van der Waals surface area contributed by atoms with Gasteiger partial charge in [0, 0.05) is 25.2 Å². The molecule has 1 saturated heterocycles. The SMILES string of the molecule is CC(c1ccccc1)N1CCC(NC(=O)CN)CC1. The summed E-state index contributed by atoms with van der Waals surface area (Å²) in [5.74, 6) is -0.0467. The quantitative estimate of drug-likeness (QED) is 0.858. The predicted octanol–water partition coefficient (Wildman–Crippen LogP) is 1.29. The molecule has 1 aliphatic rings. The first-order chi connectivity index (χ1) is 9.20. The maximum atomic E-state index is 11.3. The summed E-state index contributed by atoms with van der Waals surface area (Å²) < 4.78 is 0. The van der Waals surface area contributed by atoms with E-state index in [4.69, 9.17) is 5.73 Å². The molecule has 3 N–H and O–H groups in total. The molecular weight excluding hydrogens is 238 g/mol. The first-order valence-corrected chi connectivity index (χ1v) is 6.99. The van der Waals surface area contributed by atoms with Crippen LogP contribution in [0.4, 0.5) is 0 Å². The maximum Gasteiger partial charge on any atom is 0.233 e. The number of amides is 1. The van der Waals surface area contributed by atoms with E-state index in [2.05, 4.69) is 41.4 Å². The lowest BCUT2D eigenvalue weighted by atomic mass is 10.00. The van der Waals surface area contributed by atoms with Crippen LogP contribution in [0.25, 0.3) is 0 Å². The molecule has 1 amide bonds. The van der Waals surface area contributed by atoms with Gasteiger partial charge in [0.15, 0.2) is 0 Å². The lowest BCUT2D eigenvalue weighted by Crippen LogP contribution is -2.46. The van der Waals surface area contributed by atoms with E-state index in [1.807, 2.05) is 6.07 Å². The topological polar surface area (TPSA) is 58.4 Å². The van der Waals surface area contributed by atoms with E-state index in [1.165, 1.54) is 5.56 Å². The summed E-state index contributed by atoms with van der Waals surface area (Å²) in [5.41, 5.74) is 6.67. The average Bonchev–Trinajstić information content (AvgIpc) is 2.48. The zero-order chi connectivity index (χ0) is 13.7. The molecule has 0 aliphatic carbocycles. The highest BCUT2D eigenvalue weighted by Crippen LogP contribution is 2.23. The first kappa shape index (κ1) is 14.0. The summed E-state index contributed by atoms with van der Waals surface area (Å²) in [5, 5.41) is 2.98. The van der Waals surface area contributed by atoms with Gasteiger partial charge in [-0.25, -0.2) is 0 Å². The Balaban J connectivity index is 1.84. The van der Waals surface area contributed by atoms with Gasteiger partial charge in [0.25, 0.3) is 0 Å². The molecule has 4 nitrogen and oxygen atoms in total. The number of nitrogens with zero attached hydrogens (tertiary/aromatic N) is 1. The predicted molar refractivity (Wildman–Crippen MR) is 76.6 cm³/mol. The Morgan fingerprint density at radius 3 is 2.58 bits per heavy atom. The van der Waals surface area contributed by atoms with Gasteiger partial charge in [-0.15, -0.1) is 0 Å². The van der Waals surface area contributed by atoms with Crippen molar-refractivity contribution in [1.82, 2.24) is 10.2 Å². The van der Waals surface area contributed by atoms with Gasteiger partial charge < -0.3 is 11.1 Å². The van der Waals surface area contributed by atoms with Crippen LogP contribution in [0.3, 0.4) is 0 Å². The monoisotopic (exact) mass is 261 g/mol. The van der Waals surface area contributed by atoms with Crippen molar-refractivity contribution in [2.75, 3.05) is 19.6 Å². The Kier molecular flexibility index (Phi) is 4.93. The lowest BCUT2D eigenvalue weighted by Gasteiger charge is -2.36. The van der Waals surface area contributed by atoms with Gasteiger partial charge in [0.1, 0.15) is 0 Å². The van der Waals surface area contributed by atoms with Crippen LogP contribution >= 0.6 is 0 Å². The molecule has 0 bridgehead atoms. The minimum absolute atomic E-state index is 0.0467. The summed E-state index contributed by atoms with van der Waals surface area (Å²) in [4.78, 5) is 13.7. The molecular formula is C15H23N3O. The highest BCUT2D eigenvalue weighted by Gasteiger charge is 2.23. The van der Waals surface area contributed by atoms with Gasteiger partial charge in [-0.2, -0.15) is 0 Å². The molecule has 0 spiro atoms. The number of piperidine rings is 1. The van der Waals surface area contributed by atoms with Crippen LogP contribution in [0, 0.1) is 0 Å². The summed E-state index contributed by atoms with van der Waals surface area (Å²) in [6.45, 7) is 4.37. The van der Waals surface area contributed by atoms with Gasteiger partial charge in [0.05, 0.1) is 6.54 Å². The number of likely N-dealkylation sites (tertiary alicyclic amines) is 1. The van der Waals surface area contributed by atoms with Gasteiger partial charge in [-0.1, -0.05) is 30.3 Å². The van der Waals surface area contributed by atoms with Crippen LogP contribution in [-0.4, -0.2) is 36.5 Å². The number of nitrogens with two attached hydrogens (primary N) is 1. The molecule has 1 aromatic rings. The second-order valence-electron chi connectivity index (χ2n) is 5.17. The molecule has 0 saturated carbocycles. The maximum absolute atomic E-state index is 11.3. The summed E-state index contributed by atoms with van der Waals surface area (Å²) in [6, 6.07) is 11.3. The molecule has 0 aromatic heterocycles. The number of carbonyl (C=O) groups excluding carboxylic acids is 1. The average molecular weight is 261 g/mol. The van der Waals surface area contributed by atoms with Crippen LogP contribution in [0.15, 0.2) is 30.3 Å². The normalized spacial score (nSPS) is 19.1. The van der Waals surface area contributed by atoms with Gasteiger partial charge in [0.2, 0.25) is 5.91 Å². The van der Waals surface area contributed by atoms with Crippen molar-refractivity contribution in [3.05, 3.63) is 35.9 Å². The Bertz CT molecular complexity index is 399. The number of nitrogens with one attached hydrogen (secondary N) is 1. The zero-order valence-corrected chi connectivity index (χ0v) is 11.5. The molecule has 1 aromatic carbocycles. The Morgan fingerprint density at radius 1 is 1.37 bits per heavy atom. The van der Waals surface area contributed by atoms with E-state index >= 15 is 0 Å². The number of carbonyl (C=O) groups is 1. The van der Waals surface area contributed by atoms with Crippen molar-refractivity contribution >= 4 is 5.91 Å². The van der Waals surface area contributed by atoms with Crippen LogP contribution in [0.1, 0.15) is 31.4 Å². The number of benzene rings is 1. The van der Waals surface area contributed by atoms with Crippen molar-refractivity contribution in [1.29, 1.82) is 0 Å². The Hall–Kier alpha value is -1.39. The third kappa shape index (κ3) is 3.78. The van der Waals surface area contributed by atoms with Crippen molar-refractivity contribution < 1.29 is 4.79 Å². The van der Waals surface area contributed by atoms with E-state index in [0.29, 0.717) is 6.04 Å². The third-order valence-corrected chi connectivity index (χ3v) is 3.91.